The molecule has 2 aromatic rings. The lowest BCUT2D eigenvalue weighted by atomic mass is 10.2. The van der Waals surface area contributed by atoms with Gasteiger partial charge >= 0.3 is 0 Å². The molecule has 1 unspecified atom stereocenters. The fourth-order valence-electron chi connectivity index (χ4n) is 2.78. The normalized spacial score (nSPS) is 16.7. The van der Waals surface area contributed by atoms with Gasteiger partial charge in [-0.15, -0.1) is 11.8 Å². The molecule has 1 fully saturated rings. The quantitative estimate of drug-likeness (QED) is 0.676. The van der Waals surface area contributed by atoms with Crippen LogP contribution in [0.25, 0.3) is 0 Å². The summed E-state index contributed by atoms with van der Waals surface area (Å²) >= 11 is 4.72. The molecule has 0 spiro atoms. The third kappa shape index (κ3) is 4.99. The minimum atomic E-state index is -0.433. The molecular formula is C20H19BrN2O3S. The molecule has 0 radical (unpaired) electrons. The number of benzene rings is 2. The second-order valence-corrected chi connectivity index (χ2v) is 8.50. The van der Waals surface area contributed by atoms with Crippen LogP contribution in [0.2, 0.25) is 0 Å². The molecule has 5 nitrogen and oxygen atoms in total. The molecule has 1 heterocycles. The Morgan fingerprint density at radius 3 is 2.67 bits per heavy atom. The first-order valence-electron chi connectivity index (χ1n) is 8.54. The third-order valence-electron chi connectivity index (χ3n) is 4.15. The molecule has 0 aliphatic carbocycles. The molecule has 3 amide bonds. The average Bonchev–Trinajstić information content (AvgIpc) is 2.90. The van der Waals surface area contributed by atoms with Crippen LogP contribution >= 0.6 is 27.7 Å². The van der Waals surface area contributed by atoms with Crippen molar-refractivity contribution >= 4 is 56.8 Å². The van der Waals surface area contributed by atoms with Crippen LogP contribution < -0.4 is 10.2 Å². The highest BCUT2D eigenvalue weighted by molar-refractivity contribution is 9.10. The number of anilines is 2. The maximum absolute atomic E-state index is 12.6. The first-order valence-corrected chi connectivity index (χ1v) is 10.4. The lowest BCUT2D eigenvalue weighted by Crippen LogP contribution is -2.31. The van der Waals surface area contributed by atoms with Gasteiger partial charge < -0.3 is 5.32 Å². The SMILES string of the molecule is Cc1ccc(N2C(=O)CC(SCCC(=O)Nc3cccc(Br)c3)C2=O)cc1. The largest absolute Gasteiger partial charge is 0.326 e. The van der Waals surface area contributed by atoms with Gasteiger partial charge in [0.1, 0.15) is 0 Å². The molecule has 0 bridgehead atoms. The van der Waals surface area contributed by atoms with Crippen molar-refractivity contribution in [2.45, 2.75) is 25.0 Å². The van der Waals surface area contributed by atoms with Gasteiger partial charge in [0.15, 0.2) is 0 Å². The highest BCUT2D eigenvalue weighted by atomic mass is 79.9. The number of nitrogens with one attached hydrogen (secondary N) is 1. The van der Waals surface area contributed by atoms with Crippen molar-refractivity contribution in [2.75, 3.05) is 16.0 Å². The highest BCUT2D eigenvalue weighted by Gasteiger charge is 2.39. The molecule has 1 N–H and O–H groups in total. The van der Waals surface area contributed by atoms with Crippen molar-refractivity contribution in [1.29, 1.82) is 0 Å². The molecule has 7 heteroatoms. The fourth-order valence-corrected chi connectivity index (χ4v) is 4.28. The van der Waals surface area contributed by atoms with Gasteiger partial charge in [-0.25, -0.2) is 4.90 Å². The first-order chi connectivity index (χ1) is 12.9. The summed E-state index contributed by atoms with van der Waals surface area (Å²) in [6.45, 7) is 1.95. The zero-order chi connectivity index (χ0) is 19.4. The maximum atomic E-state index is 12.6. The topological polar surface area (TPSA) is 66.5 Å². The second-order valence-electron chi connectivity index (χ2n) is 6.28. The van der Waals surface area contributed by atoms with Crippen LogP contribution in [0.15, 0.2) is 53.0 Å². The van der Waals surface area contributed by atoms with Crippen molar-refractivity contribution in [3.05, 3.63) is 58.6 Å². The first kappa shape index (κ1) is 19.6. The summed E-state index contributed by atoms with van der Waals surface area (Å²) in [7, 11) is 0. The molecule has 1 atom stereocenters. The van der Waals surface area contributed by atoms with E-state index < -0.39 is 5.25 Å². The van der Waals surface area contributed by atoms with Crippen molar-refractivity contribution in [1.82, 2.24) is 0 Å². The average molecular weight is 447 g/mol. The molecule has 1 aliphatic heterocycles. The summed E-state index contributed by atoms with van der Waals surface area (Å²) in [5, 5.41) is 2.39. The molecular weight excluding hydrogens is 428 g/mol. The number of hydrogen-bond acceptors (Lipinski definition) is 4. The zero-order valence-electron chi connectivity index (χ0n) is 14.8. The van der Waals surface area contributed by atoms with Gasteiger partial charge in [0.25, 0.3) is 0 Å². The number of aryl methyl sites for hydroxylation is 1. The van der Waals surface area contributed by atoms with Crippen LogP contribution in [0, 0.1) is 6.92 Å². The summed E-state index contributed by atoms with van der Waals surface area (Å²) in [5.41, 5.74) is 2.39. The summed E-state index contributed by atoms with van der Waals surface area (Å²) < 4.78 is 0.890. The Kier molecular flexibility index (Phi) is 6.34. The van der Waals surface area contributed by atoms with E-state index >= 15 is 0 Å². The maximum Gasteiger partial charge on any atom is 0.247 e. The molecule has 3 rings (SSSR count). The second kappa shape index (κ2) is 8.71. The molecule has 27 heavy (non-hydrogen) atoms. The summed E-state index contributed by atoms with van der Waals surface area (Å²) in [4.78, 5) is 38.2. The Labute approximate surface area is 170 Å². The van der Waals surface area contributed by atoms with E-state index in [0.29, 0.717) is 11.4 Å². The van der Waals surface area contributed by atoms with E-state index in [1.165, 1.54) is 16.7 Å². The number of carbonyl (C=O) groups excluding carboxylic acids is 3. The van der Waals surface area contributed by atoms with Crippen LogP contribution in [0.1, 0.15) is 18.4 Å². The zero-order valence-corrected chi connectivity index (χ0v) is 17.2. The smallest absolute Gasteiger partial charge is 0.247 e. The molecule has 1 saturated heterocycles. The number of halogens is 1. The summed E-state index contributed by atoms with van der Waals surface area (Å²) in [6, 6.07) is 14.7. The van der Waals surface area contributed by atoms with E-state index in [-0.39, 0.29) is 30.6 Å². The molecule has 140 valence electrons. The van der Waals surface area contributed by atoms with Gasteiger partial charge in [-0.05, 0) is 37.3 Å². The lowest BCUT2D eigenvalue weighted by molar-refractivity contribution is -0.121. The lowest BCUT2D eigenvalue weighted by Gasteiger charge is -2.15. The number of nitrogens with zero attached hydrogens (tertiary/aromatic N) is 1. The highest BCUT2D eigenvalue weighted by Crippen LogP contribution is 2.30. The van der Waals surface area contributed by atoms with E-state index in [2.05, 4.69) is 21.2 Å². The predicted molar refractivity (Wildman–Crippen MR) is 112 cm³/mol. The van der Waals surface area contributed by atoms with Gasteiger partial charge in [-0.2, -0.15) is 0 Å². The van der Waals surface area contributed by atoms with Crippen LogP contribution in [-0.4, -0.2) is 28.7 Å². The van der Waals surface area contributed by atoms with Crippen LogP contribution in [-0.2, 0) is 14.4 Å². The number of imide groups is 1. The van der Waals surface area contributed by atoms with E-state index in [1.54, 1.807) is 12.1 Å². The summed E-state index contributed by atoms with van der Waals surface area (Å²) in [5.74, 6) is -0.0420. The molecule has 1 aliphatic rings. The van der Waals surface area contributed by atoms with E-state index in [1.807, 2.05) is 43.3 Å². The van der Waals surface area contributed by atoms with E-state index in [9.17, 15) is 14.4 Å². The van der Waals surface area contributed by atoms with Crippen molar-refractivity contribution in [3.63, 3.8) is 0 Å². The Morgan fingerprint density at radius 2 is 1.96 bits per heavy atom. The number of thioether (sulfide) groups is 1. The molecule has 2 aromatic carbocycles. The van der Waals surface area contributed by atoms with Crippen LogP contribution in [0.3, 0.4) is 0 Å². The number of rotatable bonds is 6. The Hall–Kier alpha value is -2.12. The monoisotopic (exact) mass is 446 g/mol. The Morgan fingerprint density at radius 1 is 1.22 bits per heavy atom. The Bertz CT molecular complexity index is 870. The van der Waals surface area contributed by atoms with Gasteiger partial charge in [-0.3, -0.25) is 14.4 Å². The van der Waals surface area contributed by atoms with Gasteiger partial charge in [0, 0.05) is 28.8 Å². The van der Waals surface area contributed by atoms with Crippen molar-refractivity contribution < 1.29 is 14.4 Å². The van der Waals surface area contributed by atoms with E-state index in [0.717, 1.165) is 15.7 Å². The number of hydrogen-bond donors (Lipinski definition) is 1. The molecule has 0 saturated carbocycles. The predicted octanol–water partition coefficient (Wildman–Crippen LogP) is 4.15. The van der Waals surface area contributed by atoms with Crippen LogP contribution in [0.4, 0.5) is 11.4 Å². The van der Waals surface area contributed by atoms with Gasteiger partial charge in [-0.1, -0.05) is 39.7 Å². The fraction of sp³-hybridized carbons (Fsp3) is 0.250. The standard InChI is InChI=1S/C20H19BrN2O3S/c1-13-5-7-16(8-6-13)23-19(25)12-17(20(23)26)27-10-9-18(24)22-15-4-2-3-14(21)11-15/h2-8,11,17H,9-10,12H2,1H3,(H,22,24). The Balaban J connectivity index is 1.51. The van der Waals surface area contributed by atoms with E-state index in [4.69, 9.17) is 0 Å². The minimum absolute atomic E-state index is 0.118. The van der Waals surface area contributed by atoms with Gasteiger partial charge in [0.2, 0.25) is 17.7 Å². The van der Waals surface area contributed by atoms with Crippen molar-refractivity contribution in [3.8, 4) is 0 Å². The number of amides is 3. The minimum Gasteiger partial charge on any atom is -0.326 e. The van der Waals surface area contributed by atoms with Crippen molar-refractivity contribution in [2.24, 2.45) is 0 Å². The van der Waals surface area contributed by atoms with Gasteiger partial charge in [0.05, 0.1) is 10.9 Å². The summed E-state index contributed by atoms with van der Waals surface area (Å²) in [6.07, 6.45) is 0.449. The molecule has 0 aromatic heterocycles. The number of carbonyl (C=O) groups is 3. The van der Waals surface area contributed by atoms with Crippen LogP contribution in [0.5, 0.6) is 0 Å². The third-order valence-corrected chi connectivity index (χ3v) is 5.86.